The molecule has 1 amide bonds. The van der Waals surface area contributed by atoms with Gasteiger partial charge in [-0.1, -0.05) is 19.1 Å². The molecule has 0 fully saturated rings. The number of hydrogen-bond acceptors (Lipinski definition) is 2. The number of anilines is 1. The van der Waals surface area contributed by atoms with Gasteiger partial charge in [0.2, 0.25) is 0 Å². The highest BCUT2D eigenvalue weighted by Gasteiger charge is 2.18. The number of carbonyl (C=O) groups is 1. The molecule has 2 heterocycles. The van der Waals surface area contributed by atoms with Crippen molar-refractivity contribution in [2.24, 2.45) is 0 Å². The van der Waals surface area contributed by atoms with Crippen LogP contribution in [0.4, 0.5) is 5.69 Å². The number of nitrogens with one attached hydrogen (secondary N) is 1. The summed E-state index contributed by atoms with van der Waals surface area (Å²) in [7, 11) is 0. The molecule has 0 radical (unpaired) electrons. The van der Waals surface area contributed by atoms with E-state index < -0.39 is 0 Å². The predicted octanol–water partition coefficient (Wildman–Crippen LogP) is 4.22. The number of aromatic nitrogens is 2. The Morgan fingerprint density at radius 2 is 2.14 bits per heavy atom. The van der Waals surface area contributed by atoms with Gasteiger partial charge in [0.25, 0.3) is 5.91 Å². The van der Waals surface area contributed by atoms with Crippen LogP contribution >= 0.6 is 15.9 Å². The smallest absolute Gasteiger partial charge is 0.274 e. The zero-order valence-corrected chi connectivity index (χ0v) is 14.0. The fourth-order valence-corrected chi connectivity index (χ4v) is 2.80. The predicted molar refractivity (Wildman–Crippen MR) is 91.4 cm³/mol. The van der Waals surface area contributed by atoms with Crippen LogP contribution in [0.25, 0.3) is 5.65 Å². The second kappa shape index (κ2) is 5.93. The van der Waals surface area contributed by atoms with E-state index in [4.69, 9.17) is 0 Å². The molecule has 0 aliphatic carbocycles. The molecule has 3 rings (SSSR count). The maximum Gasteiger partial charge on any atom is 0.274 e. The van der Waals surface area contributed by atoms with Crippen molar-refractivity contribution in [3.05, 3.63) is 64.0 Å². The van der Waals surface area contributed by atoms with E-state index in [2.05, 4.69) is 26.2 Å². The molecule has 0 aliphatic heterocycles. The van der Waals surface area contributed by atoms with Crippen molar-refractivity contribution in [2.45, 2.75) is 20.3 Å². The highest BCUT2D eigenvalue weighted by atomic mass is 79.9. The Morgan fingerprint density at radius 1 is 1.32 bits per heavy atom. The number of fused-ring (bicyclic) bond motifs is 1. The second-order valence-electron chi connectivity index (χ2n) is 5.16. The first-order chi connectivity index (χ1) is 10.6. The topological polar surface area (TPSA) is 46.4 Å². The Kier molecular flexibility index (Phi) is 3.98. The summed E-state index contributed by atoms with van der Waals surface area (Å²) in [5.74, 6) is -0.145. The van der Waals surface area contributed by atoms with Crippen molar-refractivity contribution in [3.63, 3.8) is 0 Å². The third kappa shape index (κ3) is 2.76. The molecule has 5 heteroatoms. The van der Waals surface area contributed by atoms with Crippen LogP contribution in [0.1, 0.15) is 28.7 Å². The minimum atomic E-state index is -0.145. The number of pyridine rings is 1. The summed E-state index contributed by atoms with van der Waals surface area (Å²) in [6.45, 7) is 4.00. The van der Waals surface area contributed by atoms with Crippen molar-refractivity contribution in [2.75, 3.05) is 5.32 Å². The monoisotopic (exact) mass is 357 g/mol. The maximum absolute atomic E-state index is 12.7. The van der Waals surface area contributed by atoms with E-state index in [9.17, 15) is 4.79 Å². The number of aryl methyl sites for hydroxylation is 2. The van der Waals surface area contributed by atoms with Gasteiger partial charge in [0.05, 0.1) is 5.69 Å². The van der Waals surface area contributed by atoms with E-state index in [1.807, 2.05) is 60.8 Å². The van der Waals surface area contributed by atoms with E-state index in [0.717, 1.165) is 27.1 Å². The molecular weight excluding hydrogens is 342 g/mol. The lowest BCUT2D eigenvalue weighted by Gasteiger charge is -2.07. The quantitative estimate of drug-likeness (QED) is 0.762. The van der Waals surface area contributed by atoms with Gasteiger partial charge < -0.3 is 5.32 Å². The van der Waals surface area contributed by atoms with E-state index in [-0.39, 0.29) is 5.91 Å². The van der Waals surface area contributed by atoms with E-state index in [0.29, 0.717) is 12.1 Å². The number of carbonyl (C=O) groups excluding carboxylic acids is 1. The fourth-order valence-electron chi connectivity index (χ4n) is 2.47. The van der Waals surface area contributed by atoms with Crippen LogP contribution in [-0.4, -0.2) is 15.3 Å². The van der Waals surface area contributed by atoms with Crippen LogP contribution in [0.3, 0.4) is 0 Å². The summed E-state index contributed by atoms with van der Waals surface area (Å²) in [5, 5.41) is 2.96. The van der Waals surface area contributed by atoms with Gasteiger partial charge in [-0.05, 0) is 59.1 Å². The zero-order chi connectivity index (χ0) is 15.7. The number of amides is 1. The van der Waals surface area contributed by atoms with Crippen molar-refractivity contribution in [1.82, 2.24) is 9.38 Å². The van der Waals surface area contributed by atoms with Gasteiger partial charge in [-0.3, -0.25) is 9.20 Å². The molecule has 0 aliphatic rings. The summed E-state index contributed by atoms with van der Waals surface area (Å²) in [6.07, 6.45) is 2.57. The Morgan fingerprint density at radius 3 is 2.86 bits per heavy atom. The van der Waals surface area contributed by atoms with Gasteiger partial charge in [-0.25, -0.2) is 4.98 Å². The molecule has 0 bridgehead atoms. The number of benzene rings is 1. The number of rotatable bonds is 3. The third-order valence-electron chi connectivity index (χ3n) is 3.48. The van der Waals surface area contributed by atoms with Gasteiger partial charge in [-0.15, -0.1) is 0 Å². The highest BCUT2D eigenvalue weighted by Crippen LogP contribution is 2.19. The van der Waals surface area contributed by atoms with Crippen LogP contribution in [0.15, 0.2) is 47.1 Å². The third-order valence-corrected chi connectivity index (χ3v) is 3.95. The van der Waals surface area contributed by atoms with Crippen molar-refractivity contribution in [1.29, 1.82) is 0 Å². The lowest BCUT2D eigenvalue weighted by atomic mass is 10.2. The van der Waals surface area contributed by atoms with Crippen molar-refractivity contribution >= 4 is 33.2 Å². The maximum atomic E-state index is 12.7. The lowest BCUT2D eigenvalue weighted by Crippen LogP contribution is -2.16. The van der Waals surface area contributed by atoms with E-state index >= 15 is 0 Å². The molecule has 3 aromatic rings. The van der Waals surface area contributed by atoms with Crippen molar-refractivity contribution in [3.8, 4) is 0 Å². The Labute approximate surface area is 137 Å². The summed E-state index contributed by atoms with van der Waals surface area (Å²) in [4.78, 5) is 17.2. The molecule has 0 saturated carbocycles. The van der Waals surface area contributed by atoms with Crippen LogP contribution in [-0.2, 0) is 6.42 Å². The molecule has 22 heavy (non-hydrogen) atoms. The van der Waals surface area contributed by atoms with E-state index in [1.165, 1.54) is 0 Å². The number of halogens is 1. The molecule has 0 atom stereocenters. The highest BCUT2D eigenvalue weighted by molar-refractivity contribution is 9.10. The molecule has 0 spiro atoms. The van der Waals surface area contributed by atoms with Crippen LogP contribution < -0.4 is 5.32 Å². The van der Waals surface area contributed by atoms with Crippen LogP contribution in [0.5, 0.6) is 0 Å². The number of hydrogen-bond donors (Lipinski definition) is 1. The molecule has 2 aromatic heterocycles. The van der Waals surface area contributed by atoms with Gasteiger partial charge in [0.15, 0.2) is 0 Å². The standard InChI is InChI=1S/C17H16BrN3O/c1-3-14-16(21-10-12(18)7-8-15(21)20-14)17(22)19-13-6-4-5-11(2)9-13/h4-10H,3H2,1-2H3,(H,19,22). The van der Waals surface area contributed by atoms with Crippen molar-refractivity contribution < 1.29 is 4.79 Å². The fraction of sp³-hybridized carbons (Fsp3) is 0.176. The molecular formula is C17H16BrN3O. The Bertz CT molecular complexity index is 854. The van der Waals surface area contributed by atoms with Gasteiger partial charge in [-0.2, -0.15) is 0 Å². The minimum absolute atomic E-state index is 0.145. The lowest BCUT2D eigenvalue weighted by molar-refractivity contribution is 0.102. The van der Waals surface area contributed by atoms with Gasteiger partial charge >= 0.3 is 0 Å². The largest absolute Gasteiger partial charge is 0.321 e. The first-order valence-corrected chi connectivity index (χ1v) is 7.92. The average molecular weight is 358 g/mol. The zero-order valence-electron chi connectivity index (χ0n) is 12.4. The van der Waals surface area contributed by atoms with Gasteiger partial charge in [0.1, 0.15) is 11.3 Å². The summed E-state index contributed by atoms with van der Waals surface area (Å²) in [6, 6.07) is 11.6. The Balaban J connectivity index is 2.04. The molecule has 0 unspecified atom stereocenters. The summed E-state index contributed by atoms with van der Waals surface area (Å²) in [5.41, 5.74) is 4.05. The normalized spacial score (nSPS) is 10.9. The Hall–Kier alpha value is -2.14. The summed E-state index contributed by atoms with van der Waals surface area (Å²) >= 11 is 3.44. The first-order valence-electron chi connectivity index (χ1n) is 7.13. The van der Waals surface area contributed by atoms with E-state index in [1.54, 1.807) is 0 Å². The molecule has 1 aromatic carbocycles. The number of imidazole rings is 1. The summed E-state index contributed by atoms with van der Waals surface area (Å²) < 4.78 is 2.73. The minimum Gasteiger partial charge on any atom is -0.321 e. The first kappa shape index (κ1) is 14.8. The molecule has 1 N–H and O–H groups in total. The average Bonchev–Trinajstić information content (AvgIpc) is 2.85. The molecule has 112 valence electrons. The number of nitrogens with zero attached hydrogens (tertiary/aromatic N) is 2. The van der Waals surface area contributed by atoms with Crippen LogP contribution in [0, 0.1) is 6.92 Å². The van der Waals surface area contributed by atoms with Crippen LogP contribution in [0.2, 0.25) is 0 Å². The van der Waals surface area contributed by atoms with Gasteiger partial charge in [0, 0.05) is 16.4 Å². The second-order valence-corrected chi connectivity index (χ2v) is 6.08. The molecule has 4 nitrogen and oxygen atoms in total. The SMILES string of the molecule is CCc1nc2ccc(Br)cn2c1C(=O)Nc1cccc(C)c1. The molecule has 0 saturated heterocycles.